The van der Waals surface area contributed by atoms with Gasteiger partial charge < -0.3 is 4.74 Å². The number of fused-ring (bicyclic) bond motifs is 1. The molecule has 0 atom stereocenters. The van der Waals surface area contributed by atoms with Gasteiger partial charge in [-0.1, -0.05) is 32.0 Å². The second-order valence-corrected chi connectivity index (χ2v) is 7.23. The number of carbonyl (C=O) groups is 2. The highest BCUT2D eigenvalue weighted by Gasteiger charge is 2.36. The van der Waals surface area contributed by atoms with Gasteiger partial charge in [0.2, 0.25) is 0 Å². The minimum atomic E-state index is -0.454. The van der Waals surface area contributed by atoms with E-state index >= 15 is 0 Å². The molecule has 2 aromatic rings. The van der Waals surface area contributed by atoms with Crippen LogP contribution < -0.4 is 9.64 Å². The number of carbonyl (C=O) groups excluding carboxylic acids is 2. The molecule has 0 aromatic heterocycles. The van der Waals surface area contributed by atoms with E-state index in [1.165, 1.54) is 0 Å². The maximum absolute atomic E-state index is 12.5. The summed E-state index contributed by atoms with van der Waals surface area (Å²) in [6, 6.07) is 13.7. The molecule has 1 aliphatic rings. The second kappa shape index (κ2) is 7.92. The predicted molar refractivity (Wildman–Crippen MR) is 106 cm³/mol. The predicted octanol–water partition coefficient (Wildman–Crippen LogP) is 3.83. The fourth-order valence-corrected chi connectivity index (χ4v) is 3.28. The van der Waals surface area contributed by atoms with Crippen LogP contribution in [-0.2, 0) is 11.3 Å². The first-order valence-corrected chi connectivity index (χ1v) is 9.31. The smallest absolute Gasteiger partial charge is 0.300 e. The van der Waals surface area contributed by atoms with Gasteiger partial charge in [0.1, 0.15) is 5.75 Å². The summed E-state index contributed by atoms with van der Waals surface area (Å²) in [6.45, 7) is 7.78. The van der Waals surface area contributed by atoms with Crippen LogP contribution in [-0.4, -0.2) is 36.9 Å². The van der Waals surface area contributed by atoms with E-state index in [0.29, 0.717) is 37.0 Å². The molecule has 0 N–H and O–H groups in total. The van der Waals surface area contributed by atoms with Gasteiger partial charge in [-0.15, -0.1) is 0 Å². The van der Waals surface area contributed by atoms with E-state index in [9.17, 15) is 9.59 Å². The quantitative estimate of drug-likeness (QED) is 0.699. The van der Waals surface area contributed by atoms with Crippen molar-refractivity contribution in [3.05, 3.63) is 59.2 Å². The number of benzene rings is 2. The zero-order chi connectivity index (χ0) is 19.6. The Morgan fingerprint density at radius 3 is 2.41 bits per heavy atom. The monoisotopic (exact) mass is 366 g/mol. The molecule has 1 amide bonds. The minimum absolute atomic E-state index is 0.314. The molecular formula is C22H26N2O3. The molecule has 142 valence electrons. The van der Waals surface area contributed by atoms with Crippen LogP contribution in [0.5, 0.6) is 5.75 Å². The number of Topliss-reactive ketones (excluding diaryl/α,β-unsaturated/α-hetero) is 1. The van der Waals surface area contributed by atoms with Gasteiger partial charge in [-0.2, -0.15) is 0 Å². The summed E-state index contributed by atoms with van der Waals surface area (Å²) in [5, 5.41) is 0. The summed E-state index contributed by atoms with van der Waals surface area (Å²) in [6.07, 6.45) is 0. The van der Waals surface area contributed by atoms with Gasteiger partial charge >= 0.3 is 5.91 Å². The highest BCUT2D eigenvalue weighted by molar-refractivity contribution is 6.52. The first kappa shape index (κ1) is 19.1. The number of ketones is 1. The Bertz CT molecular complexity index is 843. The van der Waals surface area contributed by atoms with E-state index in [1.54, 1.807) is 4.90 Å². The third-order valence-corrected chi connectivity index (χ3v) is 4.73. The first-order chi connectivity index (χ1) is 12.9. The normalized spacial score (nSPS) is 13.6. The van der Waals surface area contributed by atoms with Gasteiger partial charge in [0.05, 0.1) is 24.5 Å². The van der Waals surface area contributed by atoms with Crippen molar-refractivity contribution in [3.63, 3.8) is 0 Å². The Morgan fingerprint density at radius 1 is 1.07 bits per heavy atom. The van der Waals surface area contributed by atoms with Gasteiger partial charge in [-0.3, -0.25) is 19.4 Å². The van der Waals surface area contributed by atoms with Gasteiger partial charge in [0.15, 0.2) is 0 Å². The van der Waals surface area contributed by atoms with Crippen molar-refractivity contribution in [3.8, 4) is 5.75 Å². The van der Waals surface area contributed by atoms with Crippen LogP contribution in [0, 0.1) is 0 Å². The molecule has 1 heterocycles. The molecule has 1 aliphatic heterocycles. The fraction of sp³-hybridized carbons (Fsp3) is 0.364. The van der Waals surface area contributed by atoms with E-state index in [2.05, 4.69) is 13.8 Å². The molecule has 27 heavy (non-hydrogen) atoms. The highest BCUT2D eigenvalue weighted by atomic mass is 16.5. The molecule has 2 aromatic carbocycles. The average Bonchev–Trinajstić information content (AvgIpc) is 2.88. The number of anilines is 1. The SMILES string of the molecule is CCOc1ccc(CN(C)CN2C(=O)C(=O)c3cc(C(C)C)ccc32)cc1. The van der Waals surface area contributed by atoms with Crippen molar-refractivity contribution in [2.45, 2.75) is 33.2 Å². The van der Waals surface area contributed by atoms with Crippen molar-refractivity contribution in [2.75, 3.05) is 25.2 Å². The van der Waals surface area contributed by atoms with Gasteiger partial charge in [-0.05, 0) is 55.3 Å². The van der Waals surface area contributed by atoms with Gasteiger partial charge in [-0.25, -0.2) is 0 Å². The molecular weight excluding hydrogens is 340 g/mol. The summed E-state index contributed by atoms with van der Waals surface area (Å²) >= 11 is 0. The number of nitrogens with zero attached hydrogens (tertiary/aromatic N) is 2. The Kier molecular flexibility index (Phi) is 5.61. The second-order valence-electron chi connectivity index (χ2n) is 7.23. The van der Waals surface area contributed by atoms with Crippen molar-refractivity contribution < 1.29 is 14.3 Å². The lowest BCUT2D eigenvalue weighted by atomic mass is 9.99. The number of hydrogen-bond donors (Lipinski definition) is 0. The van der Waals surface area contributed by atoms with Crippen LogP contribution >= 0.6 is 0 Å². The van der Waals surface area contributed by atoms with Crippen LogP contribution in [0.3, 0.4) is 0 Å². The Balaban J connectivity index is 1.72. The lowest BCUT2D eigenvalue weighted by Crippen LogP contribution is -2.38. The molecule has 5 heteroatoms. The molecule has 0 unspecified atom stereocenters. The first-order valence-electron chi connectivity index (χ1n) is 9.31. The molecule has 0 spiro atoms. The van der Waals surface area contributed by atoms with Crippen LogP contribution in [0.15, 0.2) is 42.5 Å². The molecule has 3 rings (SSSR count). The summed E-state index contributed by atoms with van der Waals surface area (Å²) in [7, 11) is 1.94. The number of amides is 1. The third kappa shape index (κ3) is 4.03. The van der Waals surface area contributed by atoms with E-state index in [-0.39, 0.29) is 0 Å². The maximum Gasteiger partial charge on any atom is 0.300 e. The van der Waals surface area contributed by atoms with E-state index in [0.717, 1.165) is 16.9 Å². The zero-order valence-corrected chi connectivity index (χ0v) is 16.4. The number of rotatable bonds is 7. The van der Waals surface area contributed by atoms with E-state index < -0.39 is 11.7 Å². The Morgan fingerprint density at radius 2 is 1.78 bits per heavy atom. The molecule has 0 saturated heterocycles. The van der Waals surface area contributed by atoms with Crippen LogP contribution in [0.25, 0.3) is 0 Å². The topological polar surface area (TPSA) is 49.9 Å². The zero-order valence-electron chi connectivity index (χ0n) is 16.4. The van der Waals surface area contributed by atoms with E-state index in [1.807, 2.05) is 61.3 Å². The standard InChI is InChI=1S/C22H26N2O3/c1-5-27-18-9-6-16(7-10-18)13-23(4)14-24-20-11-8-17(15(2)3)12-19(20)21(25)22(24)26/h6-12,15H,5,13-14H2,1-4H3. The number of ether oxygens (including phenoxy) is 1. The fourth-order valence-electron chi connectivity index (χ4n) is 3.28. The van der Waals surface area contributed by atoms with Crippen molar-refractivity contribution in [1.82, 2.24) is 4.90 Å². The van der Waals surface area contributed by atoms with Crippen molar-refractivity contribution in [1.29, 1.82) is 0 Å². The molecule has 0 aliphatic carbocycles. The van der Waals surface area contributed by atoms with Crippen molar-refractivity contribution in [2.24, 2.45) is 0 Å². The summed E-state index contributed by atoms with van der Waals surface area (Å²) < 4.78 is 5.46. The number of hydrogen-bond acceptors (Lipinski definition) is 4. The molecule has 0 bridgehead atoms. The van der Waals surface area contributed by atoms with Crippen molar-refractivity contribution >= 4 is 17.4 Å². The van der Waals surface area contributed by atoms with Crippen LogP contribution in [0.2, 0.25) is 0 Å². The lowest BCUT2D eigenvalue weighted by Gasteiger charge is -2.24. The summed E-state index contributed by atoms with van der Waals surface area (Å²) in [4.78, 5) is 28.5. The lowest BCUT2D eigenvalue weighted by molar-refractivity contribution is -0.114. The minimum Gasteiger partial charge on any atom is -0.494 e. The molecule has 5 nitrogen and oxygen atoms in total. The Hall–Kier alpha value is -2.66. The van der Waals surface area contributed by atoms with E-state index in [4.69, 9.17) is 4.74 Å². The Labute approximate surface area is 160 Å². The molecule has 0 radical (unpaired) electrons. The molecule has 0 fully saturated rings. The van der Waals surface area contributed by atoms with Gasteiger partial charge in [0.25, 0.3) is 5.78 Å². The average molecular weight is 366 g/mol. The third-order valence-electron chi connectivity index (χ3n) is 4.73. The van der Waals surface area contributed by atoms with Gasteiger partial charge in [0, 0.05) is 6.54 Å². The summed E-state index contributed by atoms with van der Waals surface area (Å²) in [5.41, 5.74) is 3.41. The van der Waals surface area contributed by atoms with Crippen LogP contribution in [0.4, 0.5) is 5.69 Å². The highest BCUT2D eigenvalue weighted by Crippen LogP contribution is 2.31. The largest absolute Gasteiger partial charge is 0.494 e. The maximum atomic E-state index is 12.5. The van der Waals surface area contributed by atoms with Crippen LogP contribution in [0.1, 0.15) is 48.2 Å². The molecule has 0 saturated carbocycles. The summed E-state index contributed by atoms with van der Waals surface area (Å²) in [5.74, 6) is 0.292.